The van der Waals surface area contributed by atoms with Crippen LogP contribution in [0.15, 0.2) is 24.3 Å². The van der Waals surface area contributed by atoms with Gasteiger partial charge >= 0.3 is 0 Å². The van der Waals surface area contributed by atoms with Gasteiger partial charge in [0.1, 0.15) is 5.82 Å². The van der Waals surface area contributed by atoms with Gasteiger partial charge in [0.05, 0.1) is 0 Å². The average Bonchev–Trinajstić information content (AvgIpc) is 2.19. The molecule has 0 aliphatic rings. The fraction of sp³-hybridized carbons (Fsp3) is 0.182. The molecule has 1 rings (SSSR count). The predicted octanol–water partition coefficient (Wildman–Crippen LogP) is 1.89. The van der Waals surface area contributed by atoms with Crippen LogP contribution in [-0.2, 0) is 4.79 Å². The van der Waals surface area contributed by atoms with Gasteiger partial charge in [-0.05, 0) is 30.2 Å². The van der Waals surface area contributed by atoms with Crippen molar-refractivity contribution in [3.8, 4) is 0 Å². The molecule has 0 radical (unpaired) electrons. The highest BCUT2D eigenvalue weighted by molar-refractivity contribution is 5.91. The van der Waals surface area contributed by atoms with Crippen molar-refractivity contribution in [1.82, 2.24) is 5.32 Å². The number of likely N-dealkylation sites (N-methyl/N-ethyl adjacent to an activating group) is 1. The summed E-state index contributed by atoms with van der Waals surface area (Å²) < 4.78 is 13.1. The smallest absolute Gasteiger partial charge is 0.243 e. The zero-order valence-electron chi connectivity index (χ0n) is 8.17. The molecule has 0 bridgehead atoms. The summed E-state index contributed by atoms with van der Waals surface area (Å²) in [6.07, 6.45) is 2.94. The van der Waals surface area contributed by atoms with Crippen LogP contribution in [0.3, 0.4) is 0 Å². The number of aryl methyl sites for hydroxylation is 1. The van der Waals surface area contributed by atoms with Crippen molar-refractivity contribution in [3.63, 3.8) is 0 Å². The predicted molar refractivity (Wildman–Crippen MR) is 54.2 cm³/mol. The van der Waals surface area contributed by atoms with E-state index in [0.29, 0.717) is 11.1 Å². The monoisotopic (exact) mass is 193 g/mol. The Morgan fingerprint density at radius 2 is 2.21 bits per heavy atom. The summed E-state index contributed by atoms with van der Waals surface area (Å²) in [4.78, 5) is 10.8. The van der Waals surface area contributed by atoms with Crippen LogP contribution in [0, 0.1) is 12.7 Å². The van der Waals surface area contributed by atoms with Crippen molar-refractivity contribution in [1.29, 1.82) is 0 Å². The highest BCUT2D eigenvalue weighted by Crippen LogP contribution is 2.10. The molecular weight excluding hydrogens is 181 g/mol. The van der Waals surface area contributed by atoms with E-state index in [4.69, 9.17) is 0 Å². The lowest BCUT2D eigenvalue weighted by Crippen LogP contribution is -2.13. The van der Waals surface area contributed by atoms with E-state index < -0.39 is 0 Å². The van der Waals surface area contributed by atoms with E-state index in [1.807, 2.05) is 0 Å². The molecule has 0 aliphatic heterocycles. The molecule has 0 unspecified atom stereocenters. The number of halogens is 1. The van der Waals surface area contributed by atoms with Crippen LogP contribution in [0.4, 0.5) is 4.39 Å². The zero-order valence-corrected chi connectivity index (χ0v) is 8.17. The maximum Gasteiger partial charge on any atom is 0.243 e. The van der Waals surface area contributed by atoms with Gasteiger partial charge in [-0.25, -0.2) is 4.39 Å². The highest BCUT2D eigenvalue weighted by atomic mass is 19.1. The molecule has 1 aromatic rings. The largest absolute Gasteiger partial charge is 0.356 e. The van der Waals surface area contributed by atoms with Crippen LogP contribution in [0.2, 0.25) is 0 Å². The van der Waals surface area contributed by atoms with Gasteiger partial charge in [0.2, 0.25) is 5.91 Å². The second kappa shape index (κ2) is 4.56. The second-order valence-corrected chi connectivity index (χ2v) is 2.96. The third-order valence-corrected chi connectivity index (χ3v) is 1.87. The van der Waals surface area contributed by atoms with Crippen LogP contribution in [0.1, 0.15) is 11.1 Å². The van der Waals surface area contributed by atoms with Crippen molar-refractivity contribution in [2.75, 3.05) is 7.05 Å². The van der Waals surface area contributed by atoms with E-state index in [9.17, 15) is 9.18 Å². The molecule has 0 atom stereocenters. The Kier molecular flexibility index (Phi) is 3.40. The lowest BCUT2D eigenvalue weighted by Gasteiger charge is -1.97. The van der Waals surface area contributed by atoms with Gasteiger partial charge in [-0.3, -0.25) is 4.79 Å². The number of benzene rings is 1. The van der Waals surface area contributed by atoms with Gasteiger partial charge in [-0.15, -0.1) is 0 Å². The van der Waals surface area contributed by atoms with Crippen molar-refractivity contribution in [2.24, 2.45) is 0 Å². The quantitative estimate of drug-likeness (QED) is 0.714. The average molecular weight is 193 g/mol. The number of carbonyl (C=O) groups is 1. The lowest BCUT2D eigenvalue weighted by atomic mass is 10.1. The van der Waals surface area contributed by atoms with Crippen molar-refractivity contribution in [2.45, 2.75) is 6.92 Å². The molecule has 0 spiro atoms. The number of amides is 1. The van der Waals surface area contributed by atoms with Crippen LogP contribution in [-0.4, -0.2) is 13.0 Å². The minimum Gasteiger partial charge on any atom is -0.356 e. The van der Waals surface area contributed by atoms with Crippen molar-refractivity contribution in [3.05, 3.63) is 41.2 Å². The zero-order chi connectivity index (χ0) is 10.6. The molecule has 0 saturated carbocycles. The summed E-state index contributed by atoms with van der Waals surface area (Å²) in [6, 6.07) is 4.84. The first-order valence-corrected chi connectivity index (χ1v) is 4.29. The SMILES string of the molecule is CNC(=O)C=Cc1ccc(C)c(F)c1. The molecule has 0 aliphatic carbocycles. The van der Waals surface area contributed by atoms with E-state index in [2.05, 4.69) is 5.32 Å². The number of rotatable bonds is 2. The molecule has 3 heteroatoms. The number of carbonyl (C=O) groups excluding carboxylic acids is 1. The molecule has 1 N–H and O–H groups in total. The first-order chi connectivity index (χ1) is 6.63. The topological polar surface area (TPSA) is 29.1 Å². The number of hydrogen-bond acceptors (Lipinski definition) is 1. The number of hydrogen-bond donors (Lipinski definition) is 1. The Balaban J connectivity index is 2.83. The Morgan fingerprint density at radius 1 is 1.50 bits per heavy atom. The minimum atomic E-state index is -0.260. The Bertz CT molecular complexity index is 372. The molecule has 0 fully saturated rings. The molecule has 0 aromatic heterocycles. The van der Waals surface area contributed by atoms with Crippen LogP contribution in [0.5, 0.6) is 0 Å². The second-order valence-electron chi connectivity index (χ2n) is 2.96. The van der Waals surface area contributed by atoms with E-state index in [-0.39, 0.29) is 11.7 Å². The third kappa shape index (κ3) is 2.69. The standard InChI is InChI=1S/C11H12FNO/c1-8-3-4-9(7-10(8)12)5-6-11(14)13-2/h3-7H,1-2H3,(H,13,14). The summed E-state index contributed by atoms with van der Waals surface area (Å²) in [5.74, 6) is -0.463. The molecule has 1 amide bonds. The normalized spacial score (nSPS) is 10.5. The van der Waals surface area contributed by atoms with Crippen molar-refractivity contribution < 1.29 is 9.18 Å². The first-order valence-electron chi connectivity index (χ1n) is 4.29. The molecule has 0 saturated heterocycles. The fourth-order valence-electron chi connectivity index (χ4n) is 0.968. The highest BCUT2D eigenvalue weighted by Gasteiger charge is 1.96. The Labute approximate surface area is 82.4 Å². The molecule has 14 heavy (non-hydrogen) atoms. The van der Waals surface area contributed by atoms with Gasteiger partial charge in [0.15, 0.2) is 0 Å². The molecule has 2 nitrogen and oxygen atoms in total. The Hall–Kier alpha value is -1.64. The van der Waals surface area contributed by atoms with Crippen molar-refractivity contribution >= 4 is 12.0 Å². The lowest BCUT2D eigenvalue weighted by molar-refractivity contribution is -0.115. The summed E-state index contributed by atoms with van der Waals surface area (Å²) in [7, 11) is 1.54. The van der Waals surface area contributed by atoms with Crippen LogP contribution >= 0.6 is 0 Å². The fourth-order valence-corrected chi connectivity index (χ4v) is 0.968. The van der Waals surface area contributed by atoms with E-state index in [0.717, 1.165) is 0 Å². The summed E-state index contributed by atoms with van der Waals surface area (Å²) in [6.45, 7) is 1.70. The van der Waals surface area contributed by atoms with E-state index in [1.54, 1.807) is 32.2 Å². The minimum absolute atomic E-state index is 0.203. The maximum atomic E-state index is 13.1. The van der Waals surface area contributed by atoms with Gasteiger partial charge in [-0.2, -0.15) is 0 Å². The van der Waals surface area contributed by atoms with E-state index in [1.165, 1.54) is 12.1 Å². The van der Waals surface area contributed by atoms with E-state index >= 15 is 0 Å². The van der Waals surface area contributed by atoms with Gasteiger partial charge in [0.25, 0.3) is 0 Å². The van der Waals surface area contributed by atoms with Gasteiger partial charge in [0, 0.05) is 13.1 Å². The number of nitrogens with one attached hydrogen (secondary N) is 1. The third-order valence-electron chi connectivity index (χ3n) is 1.87. The maximum absolute atomic E-state index is 13.1. The first kappa shape index (κ1) is 10.4. The summed E-state index contributed by atoms with van der Waals surface area (Å²) in [5, 5.41) is 2.44. The van der Waals surface area contributed by atoms with Crippen LogP contribution < -0.4 is 5.32 Å². The molecule has 1 aromatic carbocycles. The van der Waals surface area contributed by atoms with Gasteiger partial charge in [-0.1, -0.05) is 12.1 Å². The molecule has 74 valence electrons. The van der Waals surface area contributed by atoms with Gasteiger partial charge < -0.3 is 5.32 Å². The molecule has 0 heterocycles. The van der Waals surface area contributed by atoms with Crippen LogP contribution in [0.25, 0.3) is 6.08 Å². The summed E-state index contributed by atoms with van der Waals surface area (Å²) in [5.41, 5.74) is 1.28. The molecular formula is C11H12FNO. The summed E-state index contributed by atoms with van der Waals surface area (Å²) >= 11 is 0. The Morgan fingerprint density at radius 3 is 2.79 bits per heavy atom.